The highest BCUT2D eigenvalue weighted by Gasteiger charge is 2.03. The number of unbranched alkanes of at least 4 members (excludes halogenated alkanes) is 6. The minimum absolute atomic E-state index is 0.0136. The van der Waals surface area contributed by atoms with Crippen LogP contribution in [0.3, 0.4) is 0 Å². The molecule has 0 amide bonds. The summed E-state index contributed by atoms with van der Waals surface area (Å²) in [6.45, 7) is 2.25. The van der Waals surface area contributed by atoms with Crippen LogP contribution in [0.1, 0.15) is 70.3 Å². The number of benzene rings is 1. The molecular weight excluding hydrogens is 284 g/mol. The normalized spacial score (nSPS) is 11.7. The van der Waals surface area contributed by atoms with Crippen molar-refractivity contribution in [1.82, 2.24) is 0 Å². The Hall–Kier alpha value is -1.70. The van der Waals surface area contributed by atoms with Crippen molar-refractivity contribution in [3.8, 4) is 11.5 Å². The fourth-order valence-corrected chi connectivity index (χ4v) is 2.57. The topological polar surface area (TPSA) is 40.5 Å². The average Bonchev–Trinajstić information content (AvgIpc) is 2.55. The third-order valence-corrected chi connectivity index (χ3v) is 4.01. The summed E-state index contributed by atoms with van der Waals surface area (Å²) in [6.07, 6.45) is 20.7. The first-order valence-electron chi connectivity index (χ1n) is 9.05. The Morgan fingerprint density at radius 3 is 2.30 bits per heavy atom. The van der Waals surface area contributed by atoms with E-state index < -0.39 is 0 Å². The van der Waals surface area contributed by atoms with Gasteiger partial charge < -0.3 is 10.2 Å². The monoisotopic (exact) mass is 316 g/mol. The number of aromatic hydroxyl groups is 2. The molecule has 0 aliphatic carbocycles. The quantitative estimate of drug-likeness (QED) is 0.270. The van der Waals surface area contributed by atoms with E-state index in [-0.39, 0.29) is 11.5 Å². The summed E-state index contributed by atoms with van der Waals surface area (Å²) in [5, 5.41) is 19.1. The summed E-state index contributed by atoms with van der Waals surface area (Å²) in [4.78, 5) is 0. The van der Waals surface area contributed by atoms with Gasteiger partial charge in [-0.2, -0.15) is 0 Å². The van der Waals surface area contributed by atoms with Crippen LogP contribution in [0.25, 0.3) is 0 Å². The van der Waals surface area contributed by atoms with Crippen molar-refractivity contribution >= 4 is 0 Å². The highest BCUT2D eigenvalue weighted by atomic mass is 16.3. The van der Waals surface area contributed by atoms with E-state index in [1.54, 1.807) is 6.07 Å². The molecule has 0 aliphatic rings. The predicted molar refractivity (Wildman–Crippen MR) is 99.0 cm³/mol. The van der Waals surface area contributed by atoms with Crippen LogP contribution in [0.15, 0.2) is 42.5 Å². The van der Waals surface area contributed by atoms with E-state index in [9.17, 15) is 10.2 Å². The smallest absolute Gasteiger partial charge is 0.160 e. The maximum atomic E-state index is 9.70. The lowest BCUT2D eigenvalue weighted by atomic mass is 10.1. The van der Waals surface area contributed by atoms with Crippen molar-refractivity contribution in [2.45, 2.75) is 71.1 Å². The van der Waals surface area contributed by atoms with Gasteiger partial charge in [0, 0.05) is 0 Å². The molecule has 0 atom stereocenters. The molecule has 0 aromatic heterocycles. The molecule has 0 heterocycles. The minimum atomic E-state index is -0.0379. The van der Waals surface area contributed by atoms with Gasteiger partial charge in [0.05, 0.1) is 0 Å². The lowest BCUT2D eigenvalue weighted by Gasteiger charge is -2.03. The molecule has 0 aliphatic heterocycles. The summed E-state index contributed by atoms with van der Waals surface area (Å²) in [5.74, 6) is -0.0242. The molecule has 0 saturated carbocycles. The summed E-state index contributed by atoms with van der Waals surface area (Å²) < 4.78 is 0. The van der Waals surface area contributed by atoms with Crippen LogP contribution in [0.5, 0.6) is 11.5 Å². The Morgan fingerprint density at radius 2 is 1.52 bits per heavy atom. The number of hydrogen-bond acceptors (Lipinski definition) is 2. The standard InChI is InChI=1S/C21H32O2/c1-2-3-4-5-6-7-8-9-10-11-12-13-14-16-19-17-15-18-20(22)21(19)23/h9-10,12-13,15,17-18,22-23H,2-8,11,14,16H2,1H3/b10-9-,13-12-. The molecule has 2 N–H and O–H groups in total. The largest absolute Gasteiger partial charge is 0.504 e. The fourth-order valence-electron chi connectivity index (χ4n) is 2.57. The Balaban J connectivity index is 2.04. The highest BCUT2D eigenvalue weighted by molar-refractivity contribution is 5.44. The van der Waals surface area contributed by atoms with Crippen LogP contribution in [-0.2, 0) is 6.42 Å². The lowest BCUT2D eigenvalue weighted by Crippen LogP contribution is -1.84. The second-order valence-corrected chi connectivity index (χ2v) is 6.06. The molecule has 0 spiro atoms. The zero-order valence-electron chi connectivity index (χ0n) is 14.5. The molecule has 2 heteroatoms. The molecule has 0 fully saturated rings. The minimum Gasteiger partial charge on any atom is -0.504 e. The Bertz CT molecular complexity index is 475. The second-order valence-electron chi connectivity index (χ2n) is 6.06. The third-order valence-electron chi connectivity index (χ3n) is 4.01. The molecule has 0 unspecified atom stereocenters. The molecular formula is C21H32O2. The third kappa shape index (κ3) is 9.12. The summed E-state index contributed by atoms with van der Waals surface area (Å²) in [5.41, 5.74) is 0.799. The number of hydrogen-bond donors (Lipinski definition) is 2. The van der Waals surface area contributed by atoms with E-state index in [1.165, 1.54) is 51.0 Å². The van der Waals surface area contributed by atoms with E-state index in [1.807, 2.05) is 6.07 Å². The van der Waals surface area contributed by atoms with E-state index in [4.69, 9.17) is 0 Å². The van der Waals surface area contributed by atoms with Crippen molar-refractivity contribution in [2.75, 3.05) is 0 Å². The van der Waals surface area contributed by atoms with E-state index in [0.717, 1.165) is 24.8 Å². The Labute approximate surface area is 141 Å². The van der Waals surface area contributed by atoms with Crippen molar-refractivity contribution < 1.29 is 10.2 Å². The second kappa shape index (κ2) is 12.8. The van der Waals surface area contributed by atoms with Gasteiger partial charge in [-0.05, 0) is 43.7 Å². The van der Waals surface area contributed by atoms with Gasteiger partial charge in [-0.25, -0.2) is 0 Å². The first kappa shape index (κ1) is 19.3. The molecule has 0 radical (unpaired) electrons. The molecule has 23 heavy (non-hydrogen) atoms. The summed E-state index contributed by atoms with van der Waals surface area (Å²) in [6, 6.07) is 5.12. The maximum absolute atomic E-state index is 9.70. The molecule has 2 nitrogen and oxygen atoms in total. The SMILES string of the molecule is CCCCCCCC/C=C\C/C=C\CCc1cccc(O)c1O. The highest BCUT2D eigenvalue weighted by Crippen LogP contribution is 2.28. The summed E-state index contributed by atoms with van der Waals surface area (Å²) in [7, 11) is 0. The Morgan fingerprint density at radius 1 is 0.826 bits per heavy atom. The lowest BCUT2D eigenvalue weighted by molar-refractivity contribution is 0.399. The van der Waals surface area contributed by atoms with Crippen molar-refractivity contribution in [3.05, 3.63) is 48.1 Å². The zero-order chi connectivity index (χ0) is 16.8. The zero-order valence-corrected chi connectivity index (χ0v) is 14.5. The maximum Gasteiger partial charge on any atom is 0.160 e. The van der Waals surface area contributed by atoms with Gasteiger partial charge in [-0.3, -0.25) is 0 Å². The van der Waals surface area contributed by atoms with E-state index in [0.29, 0.717) is 0 Å². The van der Waals surface area contributed by atoms with E-state index in [2.05, 4.69) is 31.2 Å². The molecule has 0 saturated heterocycles. The first-order valence-corrected chi connectivity index (χ1v) is 9.05. The van der Waals surface area contributed by atoms with Gasteiger partial charge in [0.2, 0.25) is 0 Å². The van der Waals surface area contributed by atoms with Gasteiger partial charge in [0.1, 0.15) is 0 Å². The van der Waals surface area contributed by atoms with Crippen molar-refractivity contribution in [3.63, 3.8) is 0 Å². The molecule has 128 valence electrons. The van der Waals surface area contributed by atoms with Crippen LogP contribution in [0.2, 0.25) is 0 Å². The predicted octanol–water partition coefficient (Wildman–Crippen LogP) is 6.28. The molecule has 0 bridgehead atoms. The molecule has 1 aromatic rings. The van der Waals surface area contributed by atoms with Crippen LogP contribution in [0, 0.1) is 0 Å². The van der Waals surface area contributed by atoms with Crippen LogP contribution >= 0.6 is 0 Å². The molecule has 1 rings (SSSR count). The van der Waals surface area contributed by atoms with Gasteiger partial charge in [-0.1, -0.05) is 75.5 Å². The van der Waals surface area contributed by atoms with Gasteiger partial charge in [0.25, 0.3) is 0 Å². The average molecular weight is 316 g/mol. The molecule has 1 aromatic carbocycles. The number of para-hydroxylation sites is 1. The number of aryl methyl sites for hydroxylation is 1. The van der Waals surface area contributed by atoms with E-state index >= 15 is 0 Å². The fraction of sp³-hybridized carbons (Fsp3) is 0.524. The summed E-state index contributed by atoms with van der Waals surface area (Å²) >= 11 is 0. The van der Waals surface area contributed by atoms with Gasteiger partial charge >= 0.3 is 0 Å². The van der Waals surface area contributed by atoms with Crippen molar-refractivity contribution in [1.29, 1.82) is 0 Å². The van der Waals surface area contributed by atoms with Crippen LogP contribution in [0.4, 0.5) is 0 Å². The number of phenols is 2. The number of phenolic OH excluding ortho intramolecular Hbond substituents is 2. The van der Waals surface area contributed by atoms with Crippen molar-refractivity contribution in [2.24, 2.45) is 0 Å². The van der Waals surface area contributed by atoms with Gasteiger partial charge in [0.15, 0.2) is 11.5 Å². The van der Waals surface area contributed by atoms with Gasteiger partial charge in [-0.15, -0.1) is 0 Å². The first-order chi connectivity index (χ1) is 11.3. The number of allylic oxidation sites excluding steroid dienone is 4. The van der Waals surface area contributed by atoms with Crippen LogP contribution < -0.4 is 0 Å². The Kier molecular flexibility index (Phi) is 10.8. The van der Waals surface area contributed by atoms with Crippen LogP contribution in [-0.4, -0.2) is 10.2 Å². The number of rotatable bonds is 12.